The Hall–Kier alpha value is -2.32. The number of nitrogens with one attached hydrogen (secondary N) is 2. The summed E-state index contributed by atoms with van der Waals surface area (Å²) in [4.78, 5) is 25.4. The minimum absolute atomic E-state index is 0.0206. The molecule has 0 saturated heterocycles. The first-order valence-corrected chi connectivity index (χ1v) is 9.27. The zero-order valence-electron chi connectivity index (χ0n) is 14.6. The molecule has 1 heterocycles. The van der Waals surface area contributed by atoms with E-state index in [2.05, 4.69) is 10.6 Å². The van der Waals surface area contributed by atoms with E-state index in [4.69, 9.17) is 17.0 Å². The molecule has 0 aliphatic rings. The minimum atomic E-state index is -0.665. The van der Waals surface area contributed by atoms with Crippen LogP contribution in [0.3, 0.4) is 0 Å². The molecule has 0 radical (unpaired) electrons. The second-order valence-corrected chi connectivity index (χ2v) is 6.94. The van der Waals surface area contributed by atoms with Crippen LogP contribution in [0.5, 0.6) is 0 Å². The van der Waals surface area contributed by atoms with Crippen LogP contribution in [0.4, 0.5) is 9.39 Å². The zero-order valence-corrected chi connectivity index (χ0v) is 16.3. The predicted molar refractivity (Wildman–Crippen MR) is 104 cm³/mol. The van der Waals surface area contributed by atoms with E-state index >= 15 is 0 Å². The number of carbonyl (C=O) groups excluding carboxylic acids is 2. The maximum absolute atomic E-state index is 13.7. The first kappa shape index (κ1) is 20.0. The minimum Gasteiger partial charge on any atom is -0.462 e. The van der Waals surface area contributed by atoms with Crippen molar-refractivity contribution in [1.82, 2.24) is 5.32 Å². The van der Waals surface area contributed by atoms with Crippen molar-refractivity contribution in [3.63, 3.8) is 0 Å². The van der Waals surface area contributed by atoms with Gasteiger partial charge >= 0.3 is 5.97 Å². The van der Waals surface area contributed by atoms with Crippen LogP contribution in [0.1, 0.15) is 45.0 Å². The maximum Gasteiger partial charge on any atom is 0.341 e. The third-order valence-corrected chi connectivity index (χ3v) is 4.88. The van der Waals surface area contributed by atoms with Gasteiger partial charge in [0, 0.05) is 4.88 Å². The highest BCUT2D eigenvalue weighted by Crippen LogP contribution is 2.34. The number of esters is 1. The zero-order chi connectivity index (χ0) is 19.3. The quantitative estimate of drug-likeness (QED) is 0.591. The number of rotatable bonds is 5. The van der Waals surface area contributed by atoms with Crippen LogP contribution in [0.25, 0.3) is 0 Å². The molecule has 2 aromatic rings. The lowest BCUT2D eigenvalue weighted by Crippen LogP contribution is -2.34. The summed E-state index contributed by atoms with van der Waals surface area (Å²) in [5.41, 5.74) is 1.18. The fraction of sp³-hybridized carbons (Fsp3) is 0.278. The highest BCUT2D eigenvalue weighted by Gasteiger charge is 2.23. The molecule has 0 aliphatic carbocycles. The largest absolute Gasteiger partial charge is 0.462 e. The van der Waals surface area contributed by atoms with Gasteiger partial charge in [-0.15, -0.1) is 11.3 Å². The lowest BCUT2D eigenvalue weighted by Gasteiger charge is -2.11. The van der Waals surface area contributed by atoms with Gasteiger partial charge in [-0.05, 0) is 50.2 Å². The van der Waals surface area contributed by atoms with E-state index in [1.807, 2.05) is 13.8 Å². The molecular weight excluding hydrogens is 375 g/mol. The molecule has 2 N–H and O–H groups in total. The molecule has 1 amide bonds. The Kier molecular flexibility index (Phi) is 6.82. The van der Waals surface area contributed by atoms with Gasteiger partial charge in [0.1, 0.15) is 10.8 Å². The molecule has 8 heteroatoms. The number of thiophene rings is 1. The molecule has 0 unspecified atom stereocenters. The second kappa shape index (κ2) is 8.86. The molecule has 0 spiro atoms. The van der Waals surface area contributed by atoms with E-state index in [0.717, 1.165) is 10.4 Å². The highest BCUT2D eigenvalue weighted by molar-refractivity contribution is 7.80. The Morgan fingerprint density at radius 3 is 2.58 bits per heavy atom. The topological polar surface area (TPSA) is 67.4 Å². The van der Waals surface area contributed by atoms with Crippen molar-refractivity contribution in [1.29, 1.82) is 0 Å². The van der Waals surface area contributed by atoms with Crippen LogP contribution < -0.4 is 10.6 Å². The first-order chi connectivity index (χ1) is 12.4. The Bertz CT molecular complexity index is 849. The van der Waals surface area contributed by atoms with Gasteiger partial charge in [-0.1, -0.05) is 19.1 Å². The number of thiocarbonyl (C=S) groups is 1. The Morgan fingerprint density at radius 2 is 1.96 bits per heavy atom. The lowest BCUT2D eigenvalue weighted by molar-refractivity contribution is 0.0526. The molecule has 138 valence electrons. The lowest BCUT2D eigenvalue weighted by atomic mass is 10.1. The van der Waals surface area contributed by atoms with E-state index in [0.29, 0.717) is 17.0 Å². The third kappa shape index (κ3) is 4.44. The van der Waals surface area contributed by atoms with Crippen molar-refractivity contribution in [2.24, 2.45) is 0 Å². The van der Waals surface area contributed by atoms with Gasteiger partial charge in [-0.2, -0.15) is 0 Å². The Labute approximate surface area is 160 Å². The van der Waals surface area contributed by atoms with Gasteiger partial charge in [-0.3, -0.25) is 10.1 Å². The van der Waals surface area contributed by atoms with Crippen LogP contribution in [0, 0.1) is 12.7 Å². The summed E-state index contributed by atoms with van der Waals surface area (Å²) in [6.45, 7) is 5.83. The second-order valence-electron chi connectivity index (χ2n) is 5.30. The first-order valence-electron chi connectivity index (χ1n) is 8.05. The van der Waals surface area contributed by atoms with E-state index in [1.165, 1.54) is 29.5 Å². The molecule has 0 atom stereocenters. The van der Waals surface area contributed by atoms with Crippen molar-refractivity contribution in [2.75, 3.05) is 11.9 Å². The van der Waals surface area contributed by atoms with Gasteiger partial charge in [0.2, 0.25) is 0 Å². The van der Waals surface area contributed by atoms with Crippen LogP contribution in [0.2, 0.25) is 0 Å². The molecular formula is C18H19FN2O3S2. The average molecular weight is 394 g/mol. The summed E-state index contributed by atoms with van der Waals surface area (Å²) in [6, 6.07) is 5.61. The summed E-state index contributed by atoms with van der Waals surface area (Å²) < 4.78 is 18.8. The highest BCUT2D eigenvalue weighted by atomic mass is 32.1. The molecule has 0 fully saturated rings. The van der Waals surface area contributed by atoms with E-state index in [9.17, 15) is 14.0 Å². The molecule has 2 rings (SSSR count). The summed E-state index contributed by atoms with van der Waals surface area (Å²) in [7, 11) is 0. The molecule has 1 aromatic heterocycles. The van der Waals surface area contributed by atoms with Crippen molar-refractivity contribution < 1.29 is 18.7 Å². The summed E-state index contributed by atoms with van der Waals surface area (Å²) in [5, 5.41) is 5.76. The monoisotopic (exact) mass is 394 g/mol. The van der Waals surface area contributed by atoms with E-state index in [-0.39, 0.29) is 17.3 Å². The van der Waals surface area contributed by atoms with Crippen molar-refractivity contribution in [3.8, 4) is 0 Å². The van der Waals surface area contributed by atoms with Crippen LogP contribution in [-0.2, 0) is 11.2 Å². The maximum atomic E-state index is 13.7. The fourth-order valence-electron chi connectivity index (χ4n) is 2.46. The average Bonchev–Trinajstić information content (AvgIpc) is 2.90. The molecule has 26 heavy (non-hydrogen) atoms. The molecule has 0 bridgehead atoms. The number of aryl methyl sites for hydroxylation is 1. The van der Waals surface area contributed by atoms with Gasteiger partial charge in [0.25, 0.3) is 5.91 Å². The Morgan fingerprint density at radius 1 is 1.27 bits per heavy atom. The standard InChI is InChI=1S/C18H19FN2O3S2/c1-4-11-10(3)26-16(14(11)17(23)24-5-2)21-18(25)20-15(22)12-8-6-7-9-13(12)19/h6-9H,4-5H2,1-3H3,(H2,20,21,22,25). The van der Waals surface area contributed by atoms with Crippen LogP contribution in [0.15, 0.2) is 24.3 Å². The SMILES string of the molecule is CCOC(=O)c1c(NC(=S)NC(=O)c2ccccc2F)sc(C)c1CC. The number of amides is 1. The number of hydrogen-bond donors (Lipinski definition) is 2. The number of benzene rings is 1. The van der Waals surface area contributed by atoms with Gasteiger partial charge in [-0.25, -0.2) is 9.18 Å². The van der Waals surface area contributed by atoms with Crippen molar-refractivity contribution in [3.05, 3.63) is 51.7 Å². The van der Waals surface area contributed by atoms with E-state index in [1.54, 1.807) is 13.0 Å². The van der Waals surface area contributed by atoms with Crippen LogP contribution >= 0.6 is 23.6 Å². The van der Waals surface area contributed by atoms with Gasteiger partial charge < -0.3 is 10.1 Å². The van der Waals surface area contributed by atoms with Crippen molar-refractivity contribution >= 4 is 45.5 Å². The number of anilines is 1. The summed E-state index contributed by atoms with van der Waals surface area (Å²) >= 11 is 6.49. The molecule has 1 aromatic carbocycles. The fourth-order valence-corrected chi connectivity index (χ4v) is 3.86. The van der Waals surface area contributed by atoms with Gasteiger partial charge in [0.15, 0.2) is 5.11 Å². The normalized spacial score (nSPS) is 10.3. The van der Waals surface area contributed by atoms with Crippen LogP contribution in [-0.4, -0.2) is 23.6 Å². The number of carbonyl (C=O) groups is 2. The predicted octanol–water partition coefficient (Wildman–Crippen LogP) is 4.06. The number of ether oxygens (including phenoxy) is 1. The molecule has 0 saturated carbocycles. The third-order valence-electron chi connectivity index (χ3n) is 3.61. The molecule has 0 aliphatic heterocycles. The summed E-state index contributed by atoms with van der Waals surface area (Å²) in [5.74, 6) is -1.75. The number of hydrogen-bond acceptors (Lipinski definition) is 5. The number of halogens is 1. The smallest absolute Gasteiger partial charge is 0.341 e. The van der Waals surface area contributed by atoms with E-state index < -0.39 is 17.7 Å². The molecule has 5 nitrogen and oxygen atoms in total. The summed E-state index contributed by atoms with van der Waals surface area (Å²) in [6.07, 6.45) is 0.659. The van der Waals surface area contributed by atoms with Crippen molar-refractivity contribution in [2.45, 2.75) is 27.2 Å². The van der Waals surface area contributed by atoms with Gasteiger partial charge in [0.05, 0.1) is 17.7 Å². The Balaban J connectivity index is 2.20.